The van der Waals surface area contributed by atoms with E-state index in [4.69, 9.17) is 4.74 Å². The highest BCUT2D eigenvalue weighted by atomic mass is 16.5. The minimum absolute atomic E-state index is 0.430. The van der Waals surface area contributed by atoms with E-state index in [1.165, 1.54) is 43.2 Å². The average molecular weight is 260 g/mol. The van der Waals surface area contributed by atoms with Crippen LogP contribution < -0.4 is 4.74 Å². The predicted molar refractivity (Wildman–Crippen MR) is 81.9 cm³/mol. The van der Waals surface area contributed by atoms with Crippen LogP contribution in [0.1, 0.15) is 69.9 Å². The van der Waals surface area contributed by atoms with Gasteiger partial charge in [-0.25, -0.2) is 0 Å². The van der Waals surface area contributed by atoms with E-state index in [2.05, 4.69) is 45.9 Å². The average Bonchev–Trinajstić information content (AvgIpc) is 2.41. The maximum atomic E-state index is 6.31. The van der Waals surface area contributed by atoms with Gasteiger partial charge < -0.3 is 4.74 Å². The van der Waals surface area contributed by atoms with Crippen molar-refractivity contribution in [2.75, 3.05) is 0 Å². The second kappa shape index (κ2) is 6.45. The first-order valence-electron chi connectivity index (χ1n) is 7.87. The number of hydrogen-bond acceptors (Lipinski definition) is 1. The molecule has 1 fully saturated rings. The molecular weight excluding hydrogens is 232 g/mol. The molecule has 1 aromatic carbocycles. The molecule has 0 saturated heterocycles. The van der Waals surface area contributed by atoms with Crippen LogP contribution in [0.3, 0.4) is 0 Å². The van der Waals surface area contributed by atoms with Gasteiger partial charge in [0.05, 0.1) is 6.10 Å². The van der Waals surface area contributed by atoms with Crippen LogP contribution in [0, 0.1) is 12.8 Å². The molecule has 2 atom stereocenters. The van der Waals surface area contributed by atoms with Crippen molar-refractivity contribution in [3.63, 3.8) is 0 Å². The van der Waals surface area contributed by atoms with Crippen LogP contribution in [-0.2, 0) is 0 Å². The molecule has 0 amide bonds. The fraction of sp³-hybridized carbons (Fsp3) is 0.667. The van der Waals surface area contributed by atoms with Crippen LogP contribution in [0.15, 0.2) is 18.2 Å². The summed E-state index contributed by atoms with van der Waals surface area (Å²) in [5.74, 6) is 2.54. The lowest BCUT2D eigenvalue weighted by Crippen LogP contribution is -2.25. The zero-order valence-corrected chi connectivity index (χ0v) is 12.9. The molecule has 1 saturated carbocycles. The molecule has 0 aromatic heterocycles. The number of hydrogen-bond donors (Lipinski definition) is 0. The molecule has 1 nitrogen and oxygen atoms in total. The van der Waals surface area contributed by atoms with Gasteiger partial charge in [0, 0.05) is 0 Å². The van der Waals surface area contributed by atoms with Crippen molar-refractivity contribution in [3.8, 4) is 5.75 Å². The summed E-state index contributed by atoms with van der Waals surface area (Å²) in [5, 5.41) is 0. The van der Waals surface area contributed by atoms with E-state index in [0.29, 0.717) is 12.0 Å². The predicted octanol–water partition coefficient (Wildman–Crippen LogP) is 5.47. The standard InChI is InChI=1S/C18H28O/c1-5-15-7-6-8-17(11-15)19-18-12-16(13(2)3)10-9-14(18)4/h9-10,12-13,15,17H,5-8,11H2,1-4H3. The van der Waals surface area contributed by atoms with E-state index in [1.54, 1.807) is 0 Å². The number of rotatable bonds is 4. The summed E-state index contributed by atoms with van der Waals surface area (Å²) in [6, 6.07) is 6.67. The maximum Gasteiger partial charge on any atom is 0.122 e. The van der Waals surface area contributed by atoms with Gasteiger partial charge in [0.1, 0.15) is 5.75 Å². The molecule has 1 aliphatic rings. The van der Waals surface area contributed by atoms with E-state index < -0.39 is 0 Å². The number of aryl methyl sites for hydroxylation is 1. The third-order valence-corrected chi connectivity index (χ3v) is 4.48. The van der Waals surface area contributed by atoms with Crippen molar-refractivity contribution in [3.05, 3.63) is 29.3 Å². The second-order valence-corrected chi connectivity index (χ2v) is 6.36. The van der Waals surface area contributed by atoms with Gasteiger partial charge >= 0.3 is 0 Å². The lowest BCUT2D eigenvalue weighted by Gasteiger charge is -2.29. The third kappa shape index (κ3) is 3.75. The Morgan fingerprint density at radius 3 is 2.74 bits per heavy atom. The topological polar surface area (TPSA) is 9.23 Å². The number of benzene rings is 1. The molecule has 0 radical (unpaired) electrons. The molecule has 1 heteroatoms. The summed E-state index contributed by atoms with van der Waals surface area (Å²) in [6.07, 6.45) is 6.90. The minimum Gasteiger partial charge on any atom is -0.490 e. The summed E-state index contributed by atoms with van der Waals surface area (Å²) in [5.41, 5.74) is 2.64. The van der Waals surface area contributed by atoms with E-state index in [-0.39, 0.29) is 0 Å². The van der Waals surface area contributed by atoms with Gasteiger partial charge in [0.2, 0.25) is 0 Å². The van der Waals surface area contributed by atoms with Crippen molar-refractivity contribution in [1.82, 2.24) is 0 Å². The Labute approximate surface area is 118 Å². The van der Waals surface area contributed by atoms with E-state index in [1.807, 2.05) is 0 Å². The van der Waals surface area contributed by atoms with Gasteiger partial charge in [-0.1, -0.05) is 45.7 Å². The Morgan fingerprint density at radius 1 is 1.26 bits per heavy atom. The summed E-state index contributed by atoms with van der Waals surface area (Å²) in [6.45, 7) is 8.93. The quantitative estimate of drug-likeness (QED) is 0.698. The fourth-order valence-electron chi connectivity index (χ4n) is 3.00. The van der Waals surface area contributed by atoms with Gasteiger partial charge in [0.25, 0.3) is 0 Å². The molecule has 0 heterocycles. The summed E-state index contributed by atoms with van der Waals surface area (Å²) in [4.78, 5) is 0. The molecule has 2 rings (SSSR count). The highest BCUT2D eigenvalue weighted by Crippen LogP contribution is 2.32. The molecule has 1 aromatic rings. The van der Waals surface area contributed by atoms with Crippen LogP contribution in [0.4, 0.5) is 0 Å². The second-order valence-electron chi connectivity index (χ2n) is 6.36. The Kier molecular flexibility index (Phi) is 4.90. The highest BCUT2D eigenvalue weighted by molar-refractivity contribution is 5.38. The van der Waals surface area contributed by atoms with Gasteiger partial charge in [-0.05, 0) is 55.2 Å². The Bertz CT molecular complexity index is 408. The van der Waals surface area contributed by atoms with Crippen LogP contribution in [-0.4, -0.2) is 6.10 Å². The van der Waals surface area contributed by atoms with Crippen molar-refractivity contribution in [1.29, 1.82) is 0 Å². The van der Waals surface area contributed by atoms with Crippen LogP contribution >= 0.6 is 0 Å². The zero-order valence-electron chi connectivity index (χ0n) is 12.9. The first-order valence-corrected chi connectivity index (χ1v) is 7.87. The smallest absolute Gasteiger partial charge is 0.122 e. The molecular formula is C18H28O. The van der Waals surface area contributed by atoms with Gasteiger partial charge in [0.15, 0.2) is 0 Å². The van der Waals surface area contributed by atoms with Gasteiger partial charge in [-0.2, -0.15) is 0 Å². The SMILES string of the molecule is CCC1CCCC(Oc2cc(C(C)C)ccc2C)C1. The molecule has 2 unspecified atom stereocenters. The minimum atomic E-state index is 0.430. The van der Waals surface area contributed by atoms with E-state index >= 15 is 0 Å². The van der Waals surface area contributed by atoms with E-state index in [0.717, 1.165) is 11.7 Å². The zero-order chi connectivity index (χ0) is 13.8. The summed E-state index contributed by atoms with van der Waals surface area (Å²) >= 11 is 0. The Hall–Kier alpha value is -0.980. The third-order valence-electron chi connectivity index (χ3n) is 4.48. The van der Waals surface area contributed by atoms with Crippen LogP contribution in [0.5, 0.6) is 5.75 Å². The molecule has 0 aliphatic heterocycles. The highest BCUT2D eigenvalue weighted by Gasteiger charge is 2.22. The summed E-state index contributed by atoms with van der Waals surface area (Å²) < 4.78 is 6.31. The summed E-state index contributed by atoms with van der Waals surface area (Å²) in [7, 11) is 0. The van der Waals surface area contributed by atoms with Crippen molar-refractivity contribution in [2.45, 2.75) is 71.8 Å². The lowest BCUT2D eigenvalue weighted by atomic mass is 9.85. The largest absolute Gasteiger partial charge is 0.490 e. The first kappa shape index (κ1) is 14.4. The van der Waals surface area contributed by atoms with Crippen LogP contribution in [0.2, 0.25) is 0 Å². The molecule has 1 aliphatic carbocycles. The molecule has 0 spiro atoms. The number of ether oxygens (including phenoxy) is 1. The lowest BCUT2D eigenvalue weighted by molar-refractivity contribution is 0.121. The first-order chi connectivity index (χ1) is 9.10. The normalized spacial score (nSPS) is 23.6. The Balaban J connectivity index is 2.07. The van der Waals surface area contributed by atoms with Gasteiger partial charge in [-0.15, -0.1) is 0 Å². The maximum absolute atomic E-state index is 6.31. The van der Waals surface area contributed by atoms with Crippen LogP contribution in [0.25, 0.3) is 0 Å². The van der Waals surface area contributed by atoms with E-state index in [9.17, 15) is 0 Å². The van der Waals surface area contributed by atoms with Crippen molar-refractivity contribution < 1.29 is 4.74 Å². The van der Waals surface area contributed by atoms with Crippen molar-refractivity contribution in [2.24, 2.45) is 5.92 Å². The fourth-order valence-corrected chi connectivity index (χ4v) is 3.00. The molecule has 0 bridgehead atoms. The Morgan fingerprint density at radius 2 is 2.05 bits per heavy atom. The molecule has 19 heavy (non-hydrogen) atoms. The van der Waals surface area contributed by atoms with Crippen molar-refractivity contribution >= 4 is 0 Å². The van der Waals surface area contributed by atoms with Gasteiger partial charge in [-0.3, -0.25) is 0 Å². The molecule has 106 valence electrons. The molecule has 0 N–H and O–H groups in total. The monoisotopic (exact) mass is 260 g/mol.